The minimum absolute atomic E-state index is 0.225. The zero-order valence-corrected chi connectivity index (χ0v) is 9.85. The molecule has 1 atom stereocenters. The van der Waals surface area contributed by atoms with Crippen LogP contribution in [0.4, 0.5) is 0 Å². The van der Waals surface area contributed by atoms with Gasteiger partial charge in [0.2, 0.25) is 5.91 Å². The Morgan fingerprint density at radius 3 is 2.65 bits per heavy atom. The van der Waals surface area contributed by atoms with Crippen molar-refractivity contribution in [3.8, 4) is 5.75 Å². The van der Waals surface area contributed by atoms with E-state index in [1.807, 2.05) is 0 Å². The van der Waals surface area contributed by atoms with Crippen molar-refractivity contribution in [2.45, 2.75) is 12.5 Å². The van der Waals surface area contributed by atoms with Crippen molar-refractivity contribution in [2.75, 3.05) is 20.2 Å². The average Bonchev–Trinajstić information content (AvgIpc) is 2.28. The standard InChI is InChI=1S/C12H18N2O3/c1-14-7-10(15)8-17-11-4-2-9(3-5-11)6-12(13)16/h2-5,10,14-15H,6-8H2,1H3,(H2,13,16)/t10-/m1/s1. The van der Waals surface area contributed by atoms with E-state index in [-0.39, 0.29) is 18.9 Å². The molecule has 5 nitrogen and oxygen atoms in total. The molecule has 0 aliphatic heterocycles. The molecular formula is C12H18N2O3. The largest absolute Gasteiger partial charge is 0.491 e. The van der Waals surface area contributed by atoms with Gasteiger partial charge >= 0.3 is 0 Å². The van der Waals surface area contributed by atoms with Crippen molar-refractivity contribution in [2.24, 2.45) is 5.73 Å². The summed E-state index contributed by atoms with van der Waals surface area (Å²) >= 11 is 0. The Balaban J connectivity index is 2.42. The number of amides is 1. The monoisotopic (exact) mass is 238 g/mol. The highest BCUT2D eigenvalue weighted by Crippen LogP contribution is 2.12. The van der Waals surface area contributed by atoms with E-state index in [4.69, 9.17) is 10.5 Å². The Labute approximate surface area is 101 Å². The Morgan fingerprint density at radius 1 is 1.47 bits per heavy atom. The minimum Gasteiger partial charge on any atom is -0.491 e. The molecule has 1 amide bonds. The predicted molar refractivity (Wildman–Crippen MR) is 64.8 cm³/mol. The van der Waals surface area contributed by atoms with E-state index in [9.17, 15) is 9.90 Å². The van der Waals surface area contributed by atoms with Gasteiger partial charge in [0.15, 0.2) is 0 Å². The normalized spacial score (nSPS) is 12.1. The molecule has 0 spiro atoms. The van der Waals surface area contributed by atoms with Gasteiger partial charge in [0.1, 0.15) is 18.5 Å². The molecule has 4 N–H and O–H groups in total. The molecule has 0 saturated carbocycles. The summed E-state index contributed by atoms with van der Waals surface area (Å²) < 4.78 is 5.37. The third-order valence-corrected chi connectivity index (χ3v) is 2.18. The molecule has 0 fully saturated rings. The highest BCUT2D eigenvalue weighted by Gasteiger charge is 2.04. The summed E-state index contributed by atoms with van der Waals surface area (Å²) in [4.78, 5) is 10.7. The summed E-state index contributed by atoms with van der Waals surface area (Å²) in [6.45, 7) is 0.718. The van der Waals surface area contributed by atoms with Gasteiger partial charge < -0.3 is 20.9 Å². The molecule has 0 radical (unpaired) electrons. The van der Waals surface area contributed by atoms with Crippen molar-refractivity contribution < 1.29 is 14.6 Å². The van der Waals surface area contributed by atoms with Gasteiger partial charge in [-0.25, -0.2) is 0 Å². The quantitative estimate of drug-likeness (QED) is 0.607. The lowest BCUT2D eigenvalue weighted by molar-refractivity contribution is -0.117. The number of aliphatic hydroxyl groups is 1. The predicted octanol–water partition coefficient (Wildman–Crippen LogP) is -0.326. The van der Waals surface area contributed by atoms with E-state index in [1.165, 1.54) is 0 Å². The highest BCUT2D eigenvalue weighted by atomic mass is 16.5. The van der Waals surface area contributed by atoms with Crippen LogP contribution in [0.2, 0.25) is 0 Å². The maximum Gasteiger partial charge on any atom is 0.221 e. The number of nitrogens with one attached hydrogen (secondary N) is 1. The van der Waals surface area contributed by atoms with Crippen molar-refractivity contribution in [3.05, 3.63) is 29.8 Å². The van der Waals surface area contributed by atoms with Crippen molar-refractivity contribution in [3.63, 3.8) is 0 Å². The molecule has 0 unspecified atom stereocenters. The number of carbonyl (C=O) groups excluding carboxylic acids is 1. The molecule has 0 aliphatic carbocycles. The number of primary amides is 1. The first kappa shape index (κ1) is 13.5. The fourth-order valence-electron chi connectivity index (χ4n) is 1.39. The summed E-state index contributed by atoms with van der Waals surface area (Å²) in [6.07, 6.45) is -0.312. The molecular weight excluding hydrogens is 220 g/mol. The van der Waals surface area contributed by atoms with Crippen LogP contribution in [0.1, 0.15) is 5.56 Å². The Bertz CT molecular complexity index is 351. The van der Waals surface area contributed by atoms with Crippen LogP contribution < -0.4 is 15.8 Å². The lowest BCUT2D eigenvalue weighted by Crippen LogP contribution is -2.29. The molecule has 0 aromatic heterocycles. The van der Waals surface area contributed by atoms with Crippen LogP contribution in [0.15, 0.2) is 24.3 Å². The molecule has 1 aromatic carbocycles. The zero-order chi connectivity index (χ0) is 12.7. The molecule has 17 heavy (non-hydrogen) atoms. The fourth-order valence-corrected chi connectivity index (χ4v) is 1.39. The molecule has 1 rings (SSSR count). The second-order valence-corrected chi connectivity index (χ2v) is 3.81. The number of hydrogen-bond donors (Lipinski definition) is 3. The number of likely N-dealkylation sites (N-methyl/N-ethyl adjacent to an activating group) is 1. The van der Waals surface area contributed by atoms with Crippen LogP contribution in [0.25, 0.3) is 0 Å². The number of hydrogen-bond acceptors (Lipinski definition) is 4. The summed E-state index contributed by atoms with van der Waals surface area (Å²) in [5.41, 5.74) is 5.93. The first-order valence-corrected chi connectivity index (χ1v) is 5.44. The molecule has 5 heteroatoms. The SMILES string of the molecule is CNC[C@@H](O)COc1ccc(CC(N)=O)cc1. The maximum absolute atomic E-state index is 10.7. The molecule has 0 saturated heterocycles. The summed E-state index contributed by atoms with van der Waals surface area (Å²) in [5.74, 6) is 0.302. The van der Waals surface area contributed by atoms with E-state index < -0.39 is 6.10 Å². The van der Waals surface area contributed by atoms with Gasteiger partial charge in [0.25, 0.3) is 0 Å². The van der Waals surface area contributed by atoms with Gasteiger partial charge in [-0.15, -0.1) is 0 Å². The third kappa shape index (κ3) is 5.33. The lowest BCUT2D eigenvalue weighted by Gasteiger charge is -2.11. The van der Waals surface area contributed by atoms with E-state index in [1.54, 1.807) is 31.3 Å². The van der Waals surface area contributed by atoms with Crippen molar-refractivity contribution in [1.82, 2.24) is 5.32 Å². The van der Waals surface area contributed by atoms with Crippen LogP contribution in [-0.2, 0) is 11.2 Å². The number of carbonyl (C=O) groups is 1. The molecule has 1 aromatic rings. The van der Waals surface area contributed by atoms with E-state index in [0.29, 0.717) is 12.3 Å². The van der Waals surface area contributed by atoms with Gasteiger partial charge in [0, 0.05) is 6.54 Å². The highest BCUT2D eigenvalue weighted by molar-refractivity contribution is 5.76. The van der Waals surface area contributed by atoms with Crippen LogP contribution in [-0.4, -0.2) is 37.3 Å². The summed E-state index contributed by atoms with van der Waals surface area (Å²) in [5, 5.41) is 12.3. The molecule has 0 aliphatic rings. The van der Waals surface area contributed by atoms with Crippen LogP contribution in [0.3, 0.4) is 0 Å². The number of benzene rings is 1. The van der Waals surface area contributed by atoms with Gasteiger partial charge in [-0.2, -0.15) is 0 Å². The smallest absolute Gasteiger partial charge is 0.221 e. The van der Waals surface area contributed by atoms with E-state index in [0.717, 1.165) is 5.56 Å². The van der Waals surface area contributed by atoms with Crippen LogP contribution >= 0.6 is 0 Å². The summed E-state index contributed by atoms with van der Waals surface area (Å²) in [6, 6.07) is 7.07. The fraction of sp³-hybridized carbons (Fsp3) is 0.417. The lowest BCUT2D eigenvalue weighted by atomic mass is 10.1. The average molecular weight is 238 g/mol. The molecule has 0 bridgehead atoms. The Morgan fingerprint density at radius 2 is 2.12 bits per heavy atom. The molecule has 0 heterocycles. The van der Waals surface area contributed by atoms with Gasteiger partial charge in [-0.05, 0) is 24.7 Å². The topological polar surface area (TPSA) is 84.6 Å². The third-order valence-electron chi connectivity index (χ3n) is 2.18. The second-order valence-electron chi connectivity index (χ2n) is 3.81. The second kappa shape index (κ2) is 6.88. The van der Waals surface area contributed by atoms with Gasteiger partial charge in [-0.1, -0.05) is 12.1 Å². The van der Waals surface area contributed by atoms with Crippen LogP contribution in [0.5, 0.6) is 5.75 Å². The van der Waals surface area contributed by atoms with E-state index >= 15 is 0 Å². The maximum atomic E-state index is 10.7. The Kier molecular flexibility index (Phi) is 5.45. The number of aliphatic hydroxyl groups excluding tert-OH is 1. The first-order chi connectivity index (χ1) is 8.11. The number of rotatable bonds is 7. The first-order valence-electron chi connectivity index (χ1n) is 5.44. The van der Waals surface area contributed by atoms with E-state index in [2.05, 4.69) is 5.32 Å². The van der Waals surface area contributed by atoms with Crippen LogP contribution in [0, 0.1) is 0 Å². The summed E-state index contributed by atoms with van der Waals surface area (Å²) in [7, 11) is 1.77. The van der Waals surface area contributed by atoms with Crippen molar-refractivity contribution >= 4 is 5.91 Å². The minimum atomic E-state index is -0.537. The molecule has 94 valence electrons. The zero-order valence-electron chi connectivity index (χ0n) is 9.85. The van der Waals surface area contributed by atoms with Gasteiger partial charge in [-0.3, -0.25) is 4.79 Å². The number of ether oxygens (including phenoxy) is 1. The van der Waals surface area contributed by atoms with Crippen molar-refractivity contribution in [1.29, 1.82) is 0 Å². The van der Waals surface area contributed by atoms with Gasteiger partial charge in [0.05, 0.1) is 6.42 Å². The Hall–Kier alpha value is -1.59. The number of nitrogens with two attached hydrogens (primary N) is 1.